The van der Waals surface area contributed by atoms with Gasteiger partial charge in [-0.3, -0.25) is 0 Å². The minimum Gasteiger partial charge on any atom is -0.342 e. The average Bonchev–Trinajstić information content (AvgIpc) is 2.70. The lowest BCUT2D eigenvalue weighted by Gasteiger charge is -1.98. The Bertz CT molecular complexity index is 704. The van der Waals surface area contributed by atoms with Gasteiger partial charge in [0, 0.05) is 16.5 Å². The molecule has 0 saturated carbocycles. The standard InChI is InChI=1S/C14H10Cl2N2/c15-10-3-1-2-9(6-10)7-14-17-12-5-4-11(16)8-13(12)18-14/h1-6,8H,7H2,(H,17,18). The minimum absolute atomic E-state index is 0.709. The molecule has 0 fully saturated rings. The number of benzene rings is 2. The number of aromatic amines is 1. The molecule has 3 rings (SSSR count). The Morgan fingerprint density at radius 2 is 1.83 bits per heavy atom. The molecule has 18 heavy (non-hydrogen) atoms. The van der Waals surface area contributed by atoms with E-state index in [0.29, 0.717) is 5.02 Å². The summed E-state index contributed by atoms with van der Waals surface area (Å²) in [5.41, 5.74) is 3.02. The van der Waals surface area contributed by atoms with Crippen molar-refractivity contribution >= 4 is 34.2 Å². The van der Waals surface area contributed by atoms with Crippen LogP contribution < -0.4 is 0 Å². The van der Waals surface area contributed by atoms with Crippen LogP contribution >= 0.6 is 23.2 Å². The lowest BCUT2D eigenvalue weighted by atomic mass is 10.1. The zero-order chi connectivity index (χ0) is 12.5. The van der Waals surface area contributed by atoms with Crippen LogP contribution in [-0.4, -0.2) is 9.97 Å². The Hall–Kier alpha value is -1.51. The first kappa shape index (κ1) is 11.6. The largest absolute Gasteiger partial charge is 0.342 e. The summed E-state index contributed by atoms with van der Waals surface area (Å²) in [6, 6.07) is 13.4. The number of aromatic nitrogens is 2. The molecule has 4 heteroatoms. The van der Waals surface area contributed by atoms with Crippen LogP contribution in [0.5, 0.6) is 0 Å². The van der Waals surface area contributed by atoms with Crippen LogP contribution in [-0.2, 0) is 6.42 Å². The van der Waals surface area contributed by atoms with Gasteiger partial charge >= 0.3 is 0 Å². The minimum atomic E-state index is 0.709. The van der Waals surface area contributed by atoms with E-state index in [1.165, 1.54) is 0 Å². The van der Waals surface area contributed by atoms with Crippen molar-refractivity contribution in [2.45, 2.75) is 6.42 Å². The summed E-state index contributed by atoms with van der Waals surface area (Å²) in [6.07, 6.45) is 0.729. The second kappa shape index (κ2) is 4.63. The number of hydrogen-bond acceptors (Lipinski definition) is 1. The van der Waals surface area contributed by atoms with Gasteiger partial charge < -0.3 is 4.98 Å². The van der Waals surface area contributed by atoms with Crippen LogP contribution in [0.15, 0.2) is 42.5 Å². The van der Waals surface area contributed by atoms with Crippen molar-refractivity contribution in [3.8, 4) is 0 Å². The molecule has 0 bridgehead atoms. The van der Waals surface area contributed by atoms with Gasteiger partial charge in [0.15, 0.2) is 0 Å². The Morgan fingerprint density at radius 3 is 2.67 bits per heavy atom. The van der Waals surface area contributed by atoms with Crippen molar-refractivity contribution in [2.24, 2.45) is 0 Å². The quantitative estimate of drug-likeness (QED) is 0.736. The van der Waals surface area contributed by atoms with Crippen LogP contribution in [0.4, 0.5) is 0 Å². The van der Waals surface area contributed by atoms with Gasteiger partial charge in [0.2, 0.25) is 0 Å². The van der Waals surface area contributed by atoms with Crippen molar-refractivity contribution in [2.75, 3.05) is 0 Å². The molecule has 0 amide bonds. The average molecular weight is 277 g/mol. The van der Waals surface area contributed by atoms with Crippen molar-refractivity contribution in [3.05, 3.63) is 63.9 Å². The number of halogens is 2. The predicted molar refractivity (Wildman–Crippen MR) is 75.4 cm³/mol. The molecule has 90 valence electrons. The lowest BCUT2D eigenvalue weighted by molar-refractivity contribution is 1.04. The van der Waals surface area contributed by atoms with Gasteiger partial charge in [0.05, 0.1) is 11.0 Å². The van der Waals surface area contributed by atoms with E-state index in [9.17, 15) is 0 Å². The number of rotatable bonds is 2. The fourth-order valence-electron chi connectivity index (χ4n) is 1.96. The molecule has 2 aromatic carbocycles. The smallest absolute Gasteiger partial charge is 0.111 e. The topological polar surface area (TPSA) is 28.7 Å². The molecular formula is C14H10Cl2N2. The fraction of sp³-hybridized carbons (Fsp3) is 0.0714. The molecule has 0 atom stereocenters. The Morgan fingerprint density at radius 1 is 1.00 bits per heavy atom. The lowest BCUT2D eigenvalue weighted by Crippen LogP contribution is -1.90. The highest BCUT2D eigenvalue weighted by molar-refractivity contribution is 6.31. The van der Waals surface area contributed by atoms with E-state index in [1.807, 2.05) is 42.5 Å². The second-order valence-electron chi connectivity index (χ2n) is 4.15. The van der Waals surface area contributed by atoms with E-state index in [-0.39, 0.29) is 0 Å². The zero-order valence-corrected chi connectivity index (χ0v) is 11.0. The molecule has 0 saturated heterocycles. The molecule has 0 aliphatic rings. The van der Waals surface area contributed by atoms with Crippen LogP contribution in [0.25, 0.3) is 11.0 Å². The molecular weight excluding hydrogens is 267 g/mol. The normalized spacial score (nSPS) is 11.0. The molecule has 2 nitrogen and oxygen atoms in total. The first-order chi connectivity index (χ1) is 8.70. The molecule has 0 spiro atoms. The van der Waals surface area contributed by atoms with Crippen LogP contribution in [0.3, 0.4) is 0 Å². The summed E-state index contributed by atoms with van der Waals surface area (Å²) in [4.78, 5) is 7.79. The summed E-state index contributed by atoms with van der Waals surface area (Å²) >= 11 is 11.9. The van der Waals surface area contributed by atoms with E-state index in [1.54, 1.807) is 0 Å². The van der Waals surface area contributed by atoms with E-state index >= 15 is 0 Å². The van der Waals surface area contributed by atoms with Gasteiger partial charge in [-0.15, -0.1) is 0 Å². The Kier molecular flexibility index (Phi) is 2.98. The third kappa shape index (κ3) is 2.35. The van der Waals surface area contributed by atoms with Crippen LogP contribution in [0, 0.1) is 0 Å². The molecule has 1 aromatic heterocycles. The molecule has 3 aromatic rings. The zero-order valence-electron chi connectivity index (χ0n) is 9.45. The van der Waals surface area contributed by atoms with E-state index in [0.717, 1.165) is 33.9 Å². The van der Waals surface area contributed by atoms with Gasteiger partial charge in [-0.05, 0) is 35.9 Å². The summed E-state index contributed by atoms with van der Waals surface area (Å²) in [5, 5.41) is 1.45. The maximum absolute atomic E-state index is 5.96. The van der Waals surface area contributed by atoms with Gasteiger partial charge in [0.25, 0.3) is 0 Å². The third-order valence-electron chi connectivity index (χ3n) is 2.75. The van der Waals surface area contributed by atoms with E-state index in [4.69, 9.17) is 23.2 Å². The Labute approximate surface area is 115 Å². The third-order valence-corrected chi connectivity index (χ3v) is 3.22. The first-order valence-electron chi connectivity index (χ1n) is 5.59. The second-order valence-corrected chi connectivity index (χ2v) is 5.02. The number of H-pyrrole nitrogens is 1. The van der Waals surface area contributed by atoms with Gasteiger partial charge in [0.1, 0.15) is 5.82 Å². The highest BCUT2D eigenvalue weighted by Gasteiger charge is 2.04. The van der Waals surface area contributed by atoms with Crippen LogP contribution in [0.1, 0.15) is 11.4 Å². The molecule has 1 heterocycles. The maximum atomic E-state index is 5.96. The molecule has 0 aliphatic carbocycles. The number of hydrogen-bond donors (Lipinski definition) is 1. The van der Waals surface area contributed by atoms with Gasteiger partial charge in [-0.1, -0.05) is 35.3 Å². The molecule has 0 unspecified atom stereocenters. The number of fused-ring (bicyclic) bond motifs is 1. The van der Waals surface area contributed by atoms with Crippen molar-refractivity contribution < 1.29 is 0 Å². The molecule has 0 radical (unpaired) electrons. The fourth-order valence-corrected chi connectivity index (χ4v) is 2.34. The predicted octanol–water partition coefficient (Wildman–Crippen LogP) is 4.46. The Balaban J connectivity index is 1.95. The SMILES string of the molecule is Clc1cccc(Cc2nc3ccc(Cl)cc3[nH]2)c1. The van der Waals surface area contributed by atoms with Crippen molar-refractivity contribution in [1.82, 2.24) is 9.97 Å². The van der Waals surface area contributed by atoms with Crippen molar-refractivity contribution in [3.63, 3.8) is 0 Å². The number of nitrogens with zero attached hydrogens (tertiary/aromatic N) is 1. The summed E-state index contributed by atoms with van der Waals surface area (Å²) in [6.45, 7) is 0. The number of nitrogens with one attached hydrogen (secondary N) is 1. The van der Waals surface area contributed by atoms with Crippen LogP contribution in [0.2, 0.25) is 10.0 Å². The van der Waals surface area contributed by atoms with E-state index < -0.39 is 0 Å². The first-order valence-corrected chi connectivity index (χ1v) is 6.35. The number of imidazole rings is 1. The highest BCUT2D eigenvalue weighted by Crippen LogP contribution is 2.19. The summed E-state index contributed by atoms with van der Waals surface area (Å²) in [7, 11) is 0. The van der Waals surface area contributed by atoms with E-state index in [2.05, 4.69) is 9.97 Å². The summed E-state index contributed by atoms with van der Waals surface area (Å²) in [5.74, 6) is 0.912. The van der Waals surface area contributed by atoms with Gasteiger partial charge in [-0.25, -0.2) is 4.98 Å². The summed E-state index contributed by atoms with van der Waals surface area (Å²) < 4.78 is 0. The monoisotopic (exact) mass is 276 g/mol. The maximum Gasteiger partial charge on any atom is 0.111 e. The molecule has 0 aliphatic heterocycles. The van der Waals surface area contributed by atoms with Crippen molar-refractivity contribution in [1.29, 1.82) is 0 Å². The molecule has 1 N–H and O–H groups in total. The highest BCUT2D eigenvalue weighted by atomic mass is 35.5. The van der Waals surface area contributed by atoms with Gasteiger partial charge in [-0.2, -0.15) is 0 Å².